The number of halogens is 1. The van der Waals surface area contributed by atoms with E-state index >= 15 is 0 Å². The van der Waals surface area contributed by atoms with Gasteiger partial charge in [-0.25, -0.2) is 0 Å². The van der Waals surface area contributed by atoms with Gasteiger partial charge in [-0.05, 0) is 31.0 Å². The molecule has 0 aliphatic heterocycles. The average Bonchev–Trinajstić information content (AvgIpc) is 2.81. The van der Waals surface area contributed by atoms with Crippen LogP contribution in [0, 0.1) is 6.92 Å². The second-order valence-corrected chi connectivity index (χ2v) is 6.65. The molecule has 0 saturated heterocycles. The molecule has 4 heteroatoms. The smallest absolute Gasteiger partial charge is 0.0931 e. The number of rotatable bonds is 5. The number of aryl methyl sites for hydroxylation is 1. The molecule has 0 aliphatic carbocycles. The molecular formula is C15H17ClO2S. The van der Waals surface area contributed by atoms with Gasteiger partial charge in [0.25, 0.3) is 0 Å². The van der Waals surface area contributed by atoms with Crippen molar-refractivity contribution in [2.24, 2.45) is 0 Å². The lowest BCUT2D eigenvalue weighted by Crippen LogP contribution is -2.37. The van der Waals surface area contributed by atoms with E-state index in [-0.39, 0.29) is 13.2 Å². The van der Waals surface area contributed by atoms with E-state index in [0.29, 0.717) is 6.42 Å². The van der Waals surface area contributed by atoms with E-state index in [0.717, 1.165) is 20.3 Å². The van der Waals surface area contributed by atoms with E-state index in [1.165, 1.54) is 11.3 Å². The van der Waals surface area contributed by atoms with Crippen LogP contribution in [0.1, 0.15) is 16.0 Å². The minimum Gasteiger partial charge on any atom is -0.395 e. The summed E-state index contributed by atoms with van der Waals surface area (Å²) in [7, 11) is 0. The van der Waals surface area contributed by atoms with Crippen LogP contribution in [0.25, 0.3) is 0 Å². The van der Waals surface area contributed by atoms with E-state index < -0.39 is 5.41 Å². The maximum Gasteiger partial charge on any atom is 0.0931 e. The van der Waals surface area contributed by atoms with Crippen LogP contribution in [-0.4, -0.2) is 23.4 Å². The van der Waals surface area contributed by atoms with Gasteiger partial charge in [-0.3, -0.25) is 0 Å². The summed E-state index contributed by atoms with van der Waals surface area (Å²) >= 11 is 7.43. The predicted molar refractivity (Wildman–Crippen MR) is 80.1 cm³/mol. The number of hydrogen-bond acceptors (Lipinski definition) is 3. The van der Waals surface area contributed by atoms with Gasteiger partial charge >= 0.3 is 0 Å². The number of aliphatic hydroxyl groups is 2. The van der Waals surface area contributed by atoms with Crippen molar-refractivity contribution in [3.8, 4) is 0 Å². The van der Waals surface area contributed by atoms with Crippen LogP contribution in [-0.2, 0) is 11.8 Å². The molecule has 0 fully saturated rings. The van der Waals surface area contributed by atoms with Crippen molar-refractivity contribution in [2.75, 3.05) is 13.2 Å². The monoisotopic (exact) mass is 296 g/mol. The Labute approximate surface area is 122 Å². The Bertz CT molecular complexity index is 547. The van der Waals surface area contributed by atoms with E-state index in [2.05, 4.69) is 0 Å². The molecule has 0 atom stereocenters. The summed E-state index contributed by atoms with van der Waals surface area (Å²) in [5, 5.41) is 19.6. The summed E-state index contributed by atoms with van der Waals surface area (Å²) in [5.41, 5.74) is 1.43. The van der Waals surface area contributed by atoms with Crippen molar-refractivity contribution < 1.29 is 10.2 Å². The molecule has 0 amide bonds. The fourth-order valence-corrected chi connectivity index (χ4v) is 3.43. The molecule has 2 nitrogen and oxygen atoms in total. The predicted octanol–water partition coefficient (Wildman–Crippen LogP) is 3.18. The lowest BCUT2D eigenvalue weighted by molar-refractivity contribution is 0.117. The maximum atomic E-state index is 9.80. The van der Waals surface area contributed by atoms with Gasteiger partial charge in [0.15, 0.2) is 0 Å². The number of thiophene rings is 1. The number of hydrogen-bond donors (Lipinski definition) is 2. The lowest BCUT2D eigenvalue weighted by Gasteiger charge is -2.30. The maximum absolute atomic E-state index is 9.80. The first-order valence-electron chi connectivity index (χ1n) is 6.13. The van der Waals surface area contributed by atoms with E-state index in [9.17, 15) is 10.2 Å². The molecule has 2 rings (SSSR count). The second-order valence-electron chi connectivity index (χ2n) is 4.85. The number of aliphatic hydroxyl groups excluding tert-OH is 2. The van der Waals surface area contributed by atoms with E-state index in [1.54, 1.807) is 0 Å². The zero-order valence-corrected chi connectivity index (χ0v) is 12.3. The van der Waals surface area contributed by atoms with Crippen molar-refractivity contribution in [1.29, 1.82) is 0 Å². The minimum atomic E-state index is -0.653. The molecule has 0 spiro atoms. The van der Waals surface area contributed by atoms with Crippen molar-refractivity contribution in [3.05, 3.63) is 56.7 Å². The topological polar surface area (TPSA) is 40.5 Å². The molecule has 1 aromatic heterocycles. The highest BCUT2D eigenvalue weighted by Gasteiger charge is 2.32. The fraction of sp³-hybridized carbons (Fsp3) is 0.333. The van der Waals surface area contributed by atoms with Crippen LogP contribution in [0.3, 0.4) is 0 Å². The molecule has 2 aromatic rings. The van der Waals surface area contributed by atoms with Gasteiger partial charge in [-0.15, -0.1) is 11.3 Å². The molecule has 1 heterocycles. The van der Waals surface area contributed by atoms with Crippen molar-refractivity contribution in [2.45, 2.75) is 18.8 Å². The Balaban J connectivity index is 2.37. The third-order valence-corrected chi connectivity index (χ3v) is 4.61. The zero-order valence-electron chi connectivity index (χ0n) is 10.8. The molecule has 0 bridgehead atoms. The molecule has 0 radical (unpaired) electrons. The van der Waals surface area contributed by atoms with Crippen LogP contribution < -0.4 is 0 Å². The van der Waals surface area contributed by atoms with Gasteiger partial charge in [0.05, 0.1) is 17.6 Å². The standard InChI is InChI=1S/C15H17ClO2S/c1-11-3-2-4-12(7-11)15(9-17,10-18)8-13-5-6-14(16)19-13/h2-7,17-18H,8-10H2,1H3. The summed E-state index contributed by atoms with van der Waals surface area (Å²) < 4.78 is 0.726. The summed E-state index contributed by atoms with van der Waals surface area (Å²) in [6.45, 7) is 1.82. The molecule has 1 aromatic carbocycles. The van der Waals surface area contributed by atoms with Crippen LogP contribution >= 0.6 is 22.9 Å². The molecule has 0 unspecified atom stereocenters. The van der Waals surface area contributed by atoms with Crippen LogP contribution in [0.2, 0.25) is 4.34 Å². The average molecular weight is 297 g/mol. The molecular weight excluding hydrogens is 280 g/mol. The Kier molecular flexibility index (Phi) is 4.63. The highest BCUT2D eigenvalue weighted by molar-refractivity contribution is 7.16. The SMILES string of the molecule is Cc1cccc(C(CO)(CO)Cc2ccc(Cl)s2)c1. The van der Waals surface area contributed by atoms with Gasteiger partial charge < -0.3 is 10.2 Å². The first-order chi connectivity index (χ1) is 9.09. The van der Waals surface area contributed by atoms with Gasteiger partial charge in [0.2, 0.25) is 0 Å². The fourth-order valence-electron chi connectivity index (χ4n) is 2.20. The Morgan fingerprint density at radius 2 is 1.89 bits per heavy atom. The Hall–Kier alpha value is -0.870. The largest absolute Gasteiger partial charge is 0.395 e. The van der Waals surface area contributed by atoms with Crippen molar-refractivity contribution in [3.63, 3.8) is 0 Å². The first kappa shape index (κ1) is 14.5. The summed E-state index contributed by atoms with van der Waals surface area (Å²) in [5.74, 6) is 0. The van der Waals surface area contributed by atoms with Crippen LogP contribution in [0.15, 0.2) is 36.4 Å². The molecule has 19 heavy (non-hydrogen) atoms. The molecule has 2 N–H and O–H groups in total. The Morgan fingerprint density at radius 1 is 1.16 bits per heavy atom. The van der Waals surface area contributed by atoms with E-state index in [1.807, 2.05) is 43.3 Å². The highest BCUT2D eigenvalue weighted by Crippen LogP contribution is 2.32. The van der Waals surface area contributed by atoms with Gasteiger partial charge in [0, 0.05) is 10.3 Å². The third-order valence-electron chi connectivity index (χ3n) is 3.38. The highest BCUT2D eigenvalue weighted by atomic mass is 35.5. The zero-order chi connectivity index (χ0) is 13.9. The quantitative estimate of drug-likeness (QED) is 0.890. The molecule has 0 saturated carbocycles. The normalized spacial score (nSPS) is 11.8. The van der Waals surface area contributed by atoms with Gasteiger partial charge in [0.1, 0.15) is 0 Å². The van der Waals surface area contributed by atoms with Gasteiger partial charge in [-0.1, -0.05) is 41.4 Å². The summed E-state index contributed by atoms with van der Waals surface area (Å²) in [6, 6.07) is 11.7. The third kappa shape index (κ3) is 3.18. The number of benzene rings is 1. The van der Waals surface area contributed by atoms with Crippen LogP contribution in [0.5, 0.6) is 0 Å². The first-order valence-corrected chi connectivity index (χ1v) is 7.32. The van der Waals surface area contributed by atoms with Crippen molar-refractivity contribution >= 4 is 22.9 Å². The second kappa shape index (κ2) is 6.06. The van der Waals surface area contributed by atoms with Gasteiger partial charge in [-0.2, -0.15) is 0 Å². The summed E-state index contributed by atoms with van der Waals surface area (Å²) in [4.78, 5) is 1.06. The Morgan fingerprint density at radius 3 is 2.42 bits per heavy atom. The van der Waals surface area contributed by atoms with Crippen LogP contribution in [0.4, 0.5) is 0 Å². The minimum absolute atomic E-state index is 0.0948. The lowest BCUT2D eigenvalue weighted by atomic mass is 9.78. The summed E-state index contributed by atoms with van der Waals surface area (Å²) in [6.07, 6.45) is 0.584. The molecule has 102 valence electrons. The van der Waals surface area contributed by atoms with E-state index in [4.69, 9.17) is 11.6 Å². The molecule has 0 aliphatic rings. The van der Waals surface area contributed by atoms with Crippen molar-refractivity contribution in [1.82, 2.24) is 0 Å².